The van der Waals surface area contributed by atoms with Gasteiger partial charge in [0.05, 0.1) is 15.6 Å². The number of hydrogen-bond acceptors (Lipinski definition) is 3. The first-order chi connectivity index (χ1) is 11.0. The van der Waals surface area contributed by atoms with Crippen LogP contribution in [0.1, 0.15) is 12.0 Å². The third kappa shape index (κ3) is 3.57. The predicted octanol–water partition coefficient (Wildman–Crippen LogP) is 4.00. The minimum atomic E-state index is -0.529. The van der Waals surface area contributed by atoms with Crippen LogP contribution in [0.4, 0.5) is 5.69 Å². The third-order valence-electron chi connectivity index (χ3n) is 3.36. The number of amides is 1. The summed E-state index contributed by atoms with van der Waals surface area (Å²) in [5.41, 5.74) is 2.38. The maximum absolute atomic E-state index is 12.0. The highest BCUT2D eigenvalue weighted by Crippen LogP contribution is 2.26. The molecule has 0 bridgehead atoms. The smallest absolute Gasteiger partial charge is 0.408 e. The number of benzene rings is 2. The molecule has 0 atom stereocenters. The van der Waals surface area contributed by atoms with E-state index in [9.17, 15) is 9.59 Å². The van der Waals surface area contributed by atoms with Gasteiger partial charge < -0.3 is 9.73 Å². The van der Waals surface area contributed by atoms with Gasteiger partial charge in [-0.1, -0.05) is 35.3 Å². The number of aryl methyl sites for hydroxylation is 1. The highest BCUT2D eigenvalue weighted by molar-refractivity contribution is 6.42. The average Bonchev–Trinajstić information content (AvgIpc) is 2.88. The summed E-state index contributed by atoms with van der Waals surface area (Å²) >= 11 is 12.0. The second-order valence-electron chi connectivity index (χ2n) is 4.99. The quantitative estimate of drug-likeness (QED) is 0.746. The molecule has 1 aromatic heterocycles. The van der Waals surface area contributed by atoms with Crippen LogP contribution in [-0.4, -0.2) is 10.9 Å². The summed E-state index contributed by atoms with van der Waals surface area (Å²) in [6.07, 6.45) is 0.746. The van der Waals surface area contributed by atoms with E-state index in [0.29, 0.717) is 33.3 Å². The fourth-order valence-electron chi connectivity index (χ4n) is 2.24. The number of hydrogen-bond donors (Lipinski definition) is 2. The largest absolute Gasteiger partial charge is 0.417 e. The Morgan fingerprint density at radius 1 is 1.22 bits per heavy atom. The van der Waals surface area contributed by atoms with E-state index in [1.54, 1.807) is 30.3 Å². The number of H-pyrrole nitrogens is 1. The molecule has 3 aromatic rings. The van der Waals surface area contributed by atoms with E-state index in [1.165, 1.54) is 0 Å². The van der Waals surface area contributed by atoms with Crippen molar-refractivity contribution in [1.82, 2.24) is 4.98 Å². The standard InChI is InChI=1S/C16H12Cl2N2O3/c17-11-3-1-2-9(15(11)18)4-7-14(21)19-10-5-6-13-12(8-10)20-16(22)23-13/h1-3,5-6,8H,4,7H2,(H,19,21)(H,20,22). The molecule has 2 N–H and O–H groups in total. The predicted molar refractivity (Wildman–Crippen MR) is 90.2 cm³/mol. The summed E-state index contributed by atoms with van der Waals surface area (Å²) in [6, 6.07) is 10.3. The lowest BCUT2D eigenvalue weighted by molar-refractivity contribution is -0.116. The molecule has 1 heterocycles. The number of aromatic nitrogens is 1. The van der Waals surface area contributed by atoms with E-state index in [2.05, 4.69) is 10.3 Å². The summed E-state index contributed by atoms with van der Waals surface area (Å²) in [6.45, 7) is 0. The number of fused-ring (bicyclic) bond motifs is 1. The van der Waals surface area contributed by atoms with Crippen LogP contribution in [0, 0.1) is 0 Å². The molecule has 0 spiro atoms. The normalized spacial score (nSPS) is 10.9. The van der Waals surface area contributed by atoms with E-state index < -0.39 is 5.76 Å². The van der Waals surface area contributed by atoms with Crippen molar-refractivity contribution in [1.29, 1.82) is 0 Å². The highest BCUT2D eigenvalue weighted by atomic mass is 35.5. The summed E-state index contributed by atoms with van der Waals surface area (Å²) in [5, 5.41) is 3.71. The number of aromatic amines is 1. The molecule has 2 aromatic carbocycles. The Kier molecular flexibility index (Phi) is 4.41. The van der Waals surface area contributed by atoms with Crippen LogP contribution in [0.2, 0.25) is 10.0 Å². The first-order valence-corrected chi connectivity index (χ1v) is 7.64. The van der Waals surface area contributed by atoms with Crippen LogP contribution in [0.5, 0.6) is 0 Å². The maximum atomic E-state index is 12.0. The van der Waals surface area contributed by atoms with Gasteiger partial charge in [0.15, 0.2) is 5.58 Å². The fraction of sp³-hybridized carbons (Fsp3) is 0.125. The lowest BCUT2D eigenvalue weighted by atomic mass is 10.1. The molecule has 0 fully saturated rings. The minimum Gasteiger partial charge on any atom is -0.408 e. The zero-order chi connectivity index (χ0) is 16.4. The lowest BCUT2D eigenvalue weighted by Gasteiger charge is -2.07. The number of carbonyl (C=O) groups excluding carboxylic acids is 1. The average molecular weight is 351 g/mol. The monoisotopic (exact) mass is 350 g/mol. The van der Waals surface area contributed by atoms with Crippen LogP contribution in [0.15, 0.2) is 45.6 Å². The van der Waals surface area contributed by atoms with Crippen molar-refractivity contribution in [3.63, 3.8) is 0 Å². The van der Waals surface area contributed by atoms with Crippen LogP contribution < -0.4 is 11.1 Å². The molecule has 1 amide bonds. The Morgan fingerprint density at radius 3 is 2.87 bits per heavy atom. The van der Waals surface area contributed by atoms with Gasteiger partial charge in [-0.2, -0.15) is 0 Å². The summed E-state index contributed by atoms with van der Waals surface area (Å²) in [7, 11) is 0. The number of oxazole rings is 1. The SMILES string of the molecule is O=C(CCc1cccc(Cl)c1Cl)Nc1ccc2oc(=O)[nH]c2c1. The molecule has 0 aliphatic carbocycles. The summed E-state index contributed by atoms with van der Waals surface area (Å²) in [4.78, 5) is 25.7. The van der Waals surface area contributed by atoms with Gasteiger partial charge in [0.2, 0.25) is 5.91 Å². The topological polar surface area (TPSA) is 75.1 Å². The van der Waals surface area contributed by atoms with Gasteiger partial charge in [-0.15, -0.1) is 0 Å². The Morgan fingerprint density at radius 2 is 2.04 bits per heavy atom. The van der Waals surface area contributed by atoms with Crippen molar-refractivity contribution < 1.29 is 9.21 Å². The van der Waals surface area contributed by atoms with E-state index in [1.807, 2.05) is 6.07 Å². The zero-order valence-electron chi connectivity index (χ0n) is 11.9. The number of nitrogens with one attached hydrogen (secondary N) is 2. The molecule has 0 aliphatic heterocycles. The van der Waals surface area contributed by atoms with Crippen molar-refractivity contribution in [2.75, 3.05) is 5.32 Å². The molecule has 7 heteroatoms. The van der Waals surface area contributed by atoms with E-state index in [0.717, 1.165) is 5.56 Å². The number of anilines is 1. The Hall–Kier alpha value is -2.24. The zero-order valence-corrected chi connectivity index (χ0v) is 13.4. The molecular weight excluding hydrogens is 339 g/mol. The Labute approximate surface area is 141 Å². The molecule has 3 rings (SSSR count). The van der Waals surface area contributed by atoms with Gasteiger partial charge in [0.25, 0.3) is 0 Å². The van der Waals surface area contributed by atoms with E-state index in [4.69, 9.17) is 27.6 Å². The van der Waals surface area contributed by atoms with Crippen LogP contribution >= 0.6 is 23.2 Å². The van der Waals surface area contributed by atoms with E-state index in [-0.39, 0.29) is 12.3 Å². The van der Waals surface area contributed by atoms with Gasteiger partial charge in [-0.25, -0.2) is 4.79 Å². The highest BCUT2D eigenvalue weighted by Gasteiger charge is 2.09. The van der Waals surface area contributed by atoms with E-state index >= 15 is 0 Å². The molecule has 0 unspecified atom stereocenters. The minimum absolute atomic E-state index is 0.161. The second-order valence-corrected chi connectivity index (χ2v) is 5.77. The van der Waals surface area contributed by atoms with Crippen molar-refractivity contribution >= 4 is 45.9 Å². The molecule has 0 radical (unpaired) electrons. The maximum Gasteiger partial charge on any atom is 0.417 e. The first-order valence-electron chi connectivity index (χ1n) is 6.88. The van der Waals surface area contributed by atoms with Gasteiger partial charge in [-0.3, -0.25) is 9.78 Å². The van der Waals surface area contributed by atoms with Crippen LogP contribution in [0.25, 0.3) is 11.1 Å². The van der Waals surface area contributed by atoms with Crippen molar-refractivity contribution in [3.05, 3.63) is 62.6 Å². The molecular formula is C16H12Cl2N2O3. The van der Waals surface area contributed by atoms with Gasteiger partial charge in [0.1, 0.15) is 0 Å². The number of rotatable bonds is 4. The molecule has 0 saturated carbocycles. The Bertz CT molecular complexity index is 930. The number of carbonyl (C=O) groups is 1. The van der Waals surface area contributed by atoms with Crippen molar-refractivity contribution in [3.8, 4) is 0 Å². The van der Waals surface area contributed by atoms with Crippen LogP contribution in [0.3, 0.4) is 0 Å². The van der Waals surface area contributed by atoms with Crippen LogP contribution in [-0.2, 0) is 11.2 Å². The summed E-state index contributed by atoms with van der Waals surface area (Å²) < 4.78 is 4.91. The van der Waals surface area contributed by atoms with Crippen molar-refractivity contribution in [2.24, 2.45) is 0 Å². The molecule has 5 nitrogen and oxygen atoms in total. The first kappa shape index (κ1) is 15.6. The van der Waals surface area contributed by atoms with Gasteiger partial charge >= 0.3 is 5.76 Å². The lowest BCUT2D eigenvalue weighted by Crippen LogP contribution is -2.12. The number of halogens is 2. The molecule has 0 aliphatic rings. The van der Waals surface area contributed by atoms with Crippen molar-refractivity contribution in [2.45, 2.75) is 12.8 Å². The van der Waals surface area contributed by atoms with Gasteiger partial charge in [-0.05, 0) is 36.2 Å². The molecule has 23 heavy (non-hydrogen) atoms. The summed E-state index contributed by atoms with van der Waals surface area (Å²) in [5.74, 6) is -0.690. The Balaban J connectivity index is 1.66. The third-order valence-corrected chi connectivity index (χ3v) is 4.21. The fourth-order valence-corrected chi connectivity index (χ4v) is 2.66. The molecule has 118 valence electrons. The molecule has 0 saturated heterocycles. The second kappa shape index (κ2) is 6.48. The van der Waals surface area contributed by atoms with Gasteiger partial charge in [0, 0.05) is 12.1 Å².